The Morgan fingerprint density at radius 3 is 2.94 bits per heavy atom. The molecule has 1 aromatic heterocycles. The maximum absolute atomic E-state index is 5.60. The lowest BCUT2D eigenvalue weighted by molar-refractivity contribution is 0.166. The van der Waals surface area contributed by atoms with Gasteiger partial charge >= 0.3 is 0 Å². The van der Waals surface area contributed by atoms with Crippen LogP contribution in [0, 0.1) is 0 Å². The van der Waals surface area contributed by atoms with E-state index >= 15 is 0 Å². The summed E-state index contributed by atoms with van der Waals surface area (Å²) in [6.07, 6.45) is 4.46. The summed E-state index contributed by atoms with van der Waals surface area (Å²) in [4.78, 5) is 6.77. The molecule has 2 rings (SSSR count). The fourth-order valence-electron chi connectivity index (χ4n) is 2.41. The Labute approximate surface area is 97.7 Å². The largest absolute Gasteiger partial charge is 0.325 e. The third-order valence-electron chi connectivity index (χ3n) is 3.54. The van der Waals surface area contributed by atoms with E-state index < -0.39 is 0 Å². The van der Waals surface area contributed by atoms with Crippen molar-refractivity contribution < 1.29 is 0 Å². The van der Waals surface area contributed by atoms with E-state index in [0.717, 1.165) is 12.2 Å². The maximum atomic E-state index is 5.60. The number of likely N-dealkylation sites (tertiary alicyclic amines) is 1. The molecule has 88 valence electrons. The molecule has 3 nitrogen and oxygen atoms in total. The van der Waals surface area contributed by atoms with Crippen LogP contribution in [0.15, 0.2) is 18.3 Å². The molecule has 1 fully saturated rings. The van der Waals surface area contributed by atoms with Gasteiger partial charge in [-0.2, -0.15) is 0 Å². The fourth-order valence-corrected chi connectivity index (χ4v) is 2.41. The molecule has 0 bridgehead atoms. The molecule has 0 spiro atoms. The van der Waals surface area contributed by atoms with Crippen molar-refractivity contribution >= 4 is 0 Å². The molecule has 1 saturated heterocycles. The SMILES string of the molecule is CC1(C)CCCN1Cc1ccnc(CN)c1. The molecular weight excluding hydrogens is 198 g/mol. The minimum absolute atomic E-state index is 0.339. The average molecular weight is 219 g/mol. The fraction of sp³-hybridized carbons (Fsp3) is 0.615. The summed E-state index contributed by atoms with van der Waals surface area (Å²) in [7, 11) is 0. The van der Waals surface area contributed by atoms with Crippen LogP contribution in [-0.2, 0) is 13.1 Å². The van der Waals surface area contributed by atoms with E-state index in [1.807, 2.05) is 6.20 Å². The van der Waals surface area contributed by atoms with Crippen LogP contribution < -0.4 is 5.73 Å². The van der Waals surface area contributed by atoms with E-state index in [1.165, 1.54) is 24.9 Å². The molecule has 1 aliphatic heterocycles. The molecule has 0 saturated carbocycles. The van der Waals surface area contributed by atoms with Crippen molar-refractivity contribution in [2.45, 2.75) is 45.3 Å². The Morgan fingerprint density at radius 2 is 2.31 bits per heavy atom. The summed E-state index contributed by atoms with van der Waals surface area (Å²) in [5.41, 5.74) is 8.25. The zero-order valence-electron chi connectivity index (χ0n) is 10.2. The zero-order valence-corrected chi connectivity index (χ0v) is 10.2. The van der Waals surface area contributed by atoms with Gasteiger partial charge in [0.15, 0.2) is 0 Å². The van der Waals surface area contributed by atoms with Crippen LogP contribution in [0.5, 0.6) is 0 Å². The molecule has 0 unspecified atom stereocenters. The number of hydrogen-bond donors (Lipinski definition) is 1. The van der Waals surface area contributed by atoms with Gasteiger partial charge in [0.25, 0.3) is 0 Å². The van der Waals surface area contributed by atoms with Gasteiger partial charge in [-0.1, -0.05) is 0 Å². The quantitative estimate of drug-likeness (QED) is 0.844. The lowest BCUT2D eigenvalue weighted by Crippen LogP contribution is -2.37. The van der Waals surface area contributed by atoms with Gasteiger partial charge in [-0.15, -0.1) is 0 Å². The van der Waals surface area contributed by atoms with Gasteiger partial charge in [-0.25, -0.2) is 0 Å². The van der Waals surface area contributed by atoms with E-state index in [2.05, 4.69) is 35.9 Å². The lowest BCUT2D eigenvalue weighted by Gasteiger charge is -2.31. The molecule has 0 atom stereocenters. The molecule has 2 N–H and O–H groups in total. The van der Waals surface area contributed by atoms with Gasteiger partial charge in [-0.05, 0) is 50.9 Å². The number of hydrogen-bond acceptors (Lipinski definition) is 3. The number of nitrogens with zero attached hydrogens (tertiary/aromatic N) is 2. The molecule has 1 aromatic rings. The summed E-state index contributed by atoms with van der Waals surface area (Å²) in [6.45, 7) is 7.39. The number of pyridine rings is 1. The highest BCUT2D eigenvalue weighted by molar-refractivity contribution is 5.16. The van der Waals surface area contributed by atoms with Crippen molar-refractivity contribution in [1.82, 2.24) is 9.88 Å². The van der Waals surface area contributed by atoms with Crippen molar-refractivity contribution in [3.8, 4) is 0 Å². The molecule has 0 radical (unpaired) electrons. The topological polar surface area (TPSA) is 42.2 Å². The van der Waals surface area contributed by atoms with Gasteiger partial charge in [0.2, 0.25) is 0 Å². The van der Waals surface area contributed by atoms with E-state index in [4.69, 9.17) is 5.73 Å². The molecular formula is C13H21N3. The third-order valence-corrected chi connectivity index (χ3v) is 3.54. The van der Waals surface area contributed by atoms with Crippen molar-refractivity contribution in [2.75, 3.05) is 6.54 Å². The van der Waals surface area contributed by atoms with E-state index in [0.29, 0.717) is 12.1 Å². The summed E-state index contributed by atoms with van der Waals surface area (Å²) in [5.74, 6) is 0. The maximum Gasteiger partial charge on any atom is 0.0542 e. The van der Waals surface area contributed by atoms with Crippen LogP contribution in [0.1, 0.15) is 37.9 Å². The summed E-state index contributed by atoms with van der Waals surface area (Å²) < 4.78 is 0. The summed E-state index contributed by atoms with van der Waals surface area (Å²) in [5, 5.41) is 0. The summed E-state index contributed by atoms with van der Waals surface area (Å²) >= 11 is 0. The second kappa shape index (κ2) is 4.52. The Morgan fingerprint density at radius 1 is 1.50 bits per heavy atom. The normalized spacial score (nSPS) is 20.2. The van der Waals surface area contributed by atoms with Crippen molar-refractivity contribution in [3.05, 3.63) is 29.6 Å². The molecule has 2 heterocycles. The molecule has 16 heavy (non-hydrogen) atoms. The van der Waals surface area contributed by atoms with Gasteiger partial charge < -0.3 is 5.73 Å². The second-order valence-electron chi connectivity index (χ2n) is 5.20. The first kappa shape index (κ1) is 11.6. The molecule has 0 aliphatic carbocycles. The molecule has 3 heteroatoms. The highest BCUT2D eigenvalue weighted by atomic mass is 15.2. The Balaban J connectivity index is 2.08. The van der Waals surface area contributed by atoms with Crippen molar-refractivity contribution in [1.29, 1.82) is 0 Å². The van der Waals surface area contributed by atoms with Crippen molar-refractivity contribution in [2.24, 2.45) is 5.73 Å². The highest BCUT2D eigenvalue weighted by Gasteiger charge is 2.31. The Hall–Kier alpha value is -0.930. The minimum Gasteiger partial charge on any atom is -0.325 e. The number of aromatic nitrogens is 1. The standard InChI is InChI=1S/C13H21N3/c1-13(2)5-3-7-16(13)10-11-4-6-15-12(8-11)9-14/h4,6,8H,3,5,7,9-10,14H2,1-2H3. The first-order valence-electron chi connectivity index (χ1n) is 6.01. The van der Waals surface area contributed by atoms with E-state index in [9.17, 15) is 0 Å². The van der Waals surface area contributed by atoms with Gasteiger partial charge in [0, 0.05) is 24.8 Å². The van der Waals surface area contributed by atoms with Gasteiger partial charge in [0.1, 0.15) is 0 Å². The van der Waals surface area contributed by atoms with Gasteiger partial charge in [0.05, 0.1) is 5.69 Å². The minimum atomic E-state index is 0.339. The lowest BCUT2D eigenvalue weighted by atomic mass is 10.0. The molecule has 0 aromatic carbocycles. The second-order valence-corrected chi connectivity index (χ2v) is 5.20. The monoisotopic (exact) mass is 219 g/mol. The number of rotatable bonds is 3. The van der Waals surface area contributed by atoms with Crippen molar-refractivity contribution in [3.63, 3.8) is 0 Å². The Bertz CT molecular complexity index is 360. The van der Waals surface area contributed by atoms with E-state index in [-0.39, 0.29) is 0 Å². The predicted octanol–water partition coefficient (Wildman–Crippen LogP) is 1.91. The van der Waals surface area contributed by atoms with Crippen LogP contribution >= 0.6 is 0 Å². The van der Waals surface area contributed by atoms with Crippen LogP contribution in [0.25, 0.3) is 0 Å². The first-order chi connectivity index (χ1) is 7.62. The zero-order chi connectivity index (χ0) is 11.6. The predicted molar refractivity (Wildman–Crippen MR) is 65.9 cm³/mol. The van der Waals surface area contributed by atoms with E-state index in [1.54, 1.807) is 0 Å². The average Bonchev–Trinajstić information content (AvgIpc) is 2.59. The van der Waals surface area contributed by atoms with Crippen LogP contribution in [-0.4, -0.2) is 22.0 Å². The number of nitrogens with two attached hydrogens (primary N) is 1. The Kier molecular flexibility index (Phi) is 3.26. The summed E-state index contributed by atoms with van der Waals surface area (Å²) in [6, 6.07) is 4.21. The van der Waals surface area contributed by atoms with Crippen LogP contribution in [0.2, 0.25) is 0 Å². The molecule has 1 aliphatic rings. The smallest absolute Gasteiger partial charge is 0.0542 e. The van der Waals surface area contributed by atoms with Gasteiger partial charge in [-0.3, -0.25) is 9.88 Å². The highest BCUT2D eigenvalue weighted by Crippen LogP contribution is 2.29. The first-order valence-corrected chi connectivity index (χ1v) is 6.01. The third kappa shape index (κ3) is 2.42. The van der Waals surface area contributed by atoms with Crippen LogP contribution in [0.3, 0.4) is 0 Å². The van der Waals surface area contributed by atoms with Crippen LogP contribution in [0.4, 0.5) is 0 Å². The molecule has 0 amide bonds.